The number of pyridine rings is 5. The third kappa shape index (κ3) is 35.2. The molecule has 91 heavy (non-hydrogen) atoms. The van der Waals surface area contributed by atoms with Crippen molar-refractivity contribution in [2.45, 2.75) is 60.0 Å². The number of Topliss-reactive ketones (excluding diaryl/α,β-unsaturated/α-hetero) is 1. The number of nitrogen functional groups attached to an aromatic ring is 1. The van der Waals surface area contributed by atoms with Crippen molar-refractivity contribution in [3.8, 4) is 28.7 Å². The molecular formula is C54H64Cl7ILiMgMnN7O18Zn. The predicted octanol–water partition coefficient (Wildman–Crippen LogP) is 1.43. The van der Waals surface area contributed by atoms with E-state index >= 15 is 0 Å². The van der Waals surface area contributed by atoms with Crippen molar-refractivity contribution >= 4 is 145 Å². The minimum Gasteiger partial charge on any atom is 0 e. The van der Waals surface area contributed by atoms with E-state index in [1.165, 1.54) is 59.2 Å². The first-order valence-corrected chi connectivity index (χ1v) is 29.2. The van der Waals surface area contributed by atoms with Gasteiger partial charge in [0.25, 0.3) is 0 Å². The van der Waals surface area contributed by atoms with Gasteiger partial charge in [-0.1, -0.05) is 58.0 Å². The first-order valence-electron chi connectivity index (χ1n) is 25.2. The topological polar surface area (TPSA) is 347 Å². The van der Waals surface area contributed by atoms with Gasteiger partial charge >= 0.3 is 88.0 Å². The molecule has 3 saturated carbocycles. The number of halogens is 8. The number of rotatable bonds is 17. The van der Waals surface area contributed by atoms with Crippen LogP contribution in [0.25, 0.3) is 0 Å². The van der Waals surface area contributed by atoms with Gasteiger partial charge in [0.1, 0.15) is 61.2 Å². The molecule has 3 aliphatic rings. The van der Waals surface area contributed by atoms with E-state index in [0.29, 0.717) is 88.6 Å². The molecule has 37 heteroatoms. The van der Waals surface area contributed by atoms with Crippen molar-refractivity contribution in [2.24, 2.45) is 35.5 Å². The van der Waals surface area contributed by atoms with Gasteiger partial charge < -0.3 is 84.8 Å². The number of hydrogen-bond acceptors (Lipinski definition) is 24. The second-order valence-corrected chi connectivity index (χ2v) is 20.4. The standard InChI is InChI=1S/C13H16ClNO4.C13H14ClNO4.C7H10O3.C6H5ClINO.C6H5ClN2O3.C6H7ClN2O.C3H7.2ClH.Li.Mg.Mn.2O.Zn/c2*1-3-19-13(17)8-4-7(8)12(16)9-6-15-11(14)5-10(9)18-2;1-2-10-7(9)6-3-5(6)4-8;1-10-5-2-6(7)9-3-4(5)8;1-12-5-2-6(7)8-3-4(5)9(10)11;1-10-5-2-6(7)9-3-4(5)8;1-3-2;;;;;;;;/h5-8,12,16H,3-4H2,1-2H3;5-8H,3-4H2,1-2H3;4-6H,2-3H2,1H3;2-3H,1H3;2-3H,1H3;2-3H,8H2,1H3;3H,1-2H3;2*1H;;;;;;/q;;;;;;-1;;;+1;+2;;;;/p-2. The summed E-state index contributed by atoms with van der Waals surface area (Å²) in [4.78, 5) is 84.9. The average Bonchev–Trinajstić information content (AvgIpc) is 1.70. The summed E-state index contributed by atoms with van der Waals surface area (Å²) in [6.45, 7) is 10.3. The molecule has 5 aromatic rings. The molecule has 7 atom stereocenters. The maximum absolute atomic E-state index is 12.2. The molecule has 0 spiro atoms. The maximum Gasteiger partial charge on any atom is 0 e. The molecule has 3 aliphatic carbocycles. The van der Waals surface area contributed by atoms with E-state index < -0.39 is 25.8 Å². The normalized spacial score (nSPS) is 16.0. The molecule has 0 saturated heterocycles. The van der Waals surface area contributed by atoms with Gasteiger partial charge in [-0.05, 0) is 62.6 Å². The van der Waals surface area contributed by atoms with E-state index in [9.17, 15) is 39.2 Å². The zero-order chi connectivity index (χ0) is 65.2. The van der Waals surface area contributed by atoms with Crippen LogP contribution in [-0.4, -0.2) is 143 Å². The minimum atomic E-state index is -1.44. The number of esters is 3. The Balaban J connectivity index is -0.000000322. The largest absolute Gasteiger partial charge is 0 e. The fourth-order valence-electron chi connectivity index (χ4n) is 6.84. The SMILES string of the molecule is CCOC(=O)C1CC1C(=O)c1cnc(Cl)cc1OC.CCOC(=O)C1CC1C(O)c1cnc(Cl)cc1OC.CCOC(=O)C1CC1C=O.COc1cc(Cl)ncc1I.COc1cc(Cl)ncc1N.COc1cc(Cl)ncc1[N+](=O)[O-].C[CH-]C.[Cl-].[Cl-].[Li+].[Mg+2].[O]=[Mn]=[O].[Zn]. The molecule has 0 aromatic carbocycles. The Kier molecular flexibility index (Phi) is 55.8. The molecule has 0 amide bonds. The Morgan fingerprint density at radius 2 is 1.04 bits per heavy atom. The summed E-state index contributed by atoms with van der Waals surface area (Å²) in [5.41, 5.74) is 6.65. The molecule has 5 aromatic heterocycles. The number of hydrogen-bond donors (Lipinski definition) is 2. The van der Waals surface area contributed by atoms with Crippen LogP contribution >= 0.6 is 80.6 Å². The molecule has 0 radical (unpaired) electrons. The van der Waals surface area contributed by atoms with E-state index in [1.807, 2.05) is 20.3 Å². The number of methoxy groups -OCH3 is 5. The summed E-state index contributed by atoms with van der Waals surface area (Å²) in [6.07, 6.45) is 10.9. The molecule has 0 bridgehead atoms. The van der Waals surface area contributed by atoms with Crippen molar-refractivity contribution in [3.63, 3.8) is 0 Å². The van der Waals surface area contributed by atoms with Crippen LogP contribution in [0, 0.1) is 55.6 Å². The number of nitrogens with two attached hydrogens (primary N) is 1. The van der Waals surface area contributed by atoms with Gasteiger partial charge in [0, 0.05) is 91.7 Å². The molecule has 25 nitrogen and oxygen atoms in total. The number of nitrogens with zero attached hydrogens (tertiary/aromatic N) is 6. The molecule has 3 fully saturated rings. The molecule has 0 aliphatic heterocycles. The van der Waals surface area contributed by atoms with Gasteiger partial charge in [-0.15, -0.1) is 0 Å². The van der Waals surface area contributed by atoms with Crippen molar-refractivity contribution in [2.75, 3.05) is 61.1 Å². The molecule has 7 unspecified atom stereocenters. The van der Waals surface area contributed by atoms with Crippen molar-refractivity contribution < 1.29 is 158 Å². The quantitative estimate of drug-likeness (QED) is 0.0127. The maximum atomic E-state index is 12.2. The number of nitro groups is 1. The Morgan fingerprint density at radius 3 is 1.46 bits per heavy atom. The van der Waals surface area contributed by atoms with Gasteiger partial charge in [0.2, 0.25) is 5.75 Å². The number of aldehydes is 1. The summed E-state index contributed by atoms with van der Waals surface area (Å²) in [5, 5.41) is 22.2. The first kappa shape index (κ1) is 96.2. The van der Waals surface area contributed by atoms with Gasteiger partial charge in [0.15, 0.2) is 5.78 Å². The van der Waals surface area contributed by atoms with Crippen LogP contribution in [-0.2, 0) is 75.4 Å². The third-order valence-electron chi connectivity index (χ3n) is 11.2. The number of carbonyl (C=O) groups is 5. The second-order valence-electron chi connectivity index (χ2n) is 17.1. The van der Waals surface area contributed by atoms with Crippen LogP contribution in [0.15, 0.2) is 61.3 Å². The van der Waals surface area contributed by atoms with Crippen molar-refractivity contribution in [1.29, 1.82) is 0 Å². The monoisotopic (exact) mass is 1620 g/mol. The number of carbonyl (C=O) groups excluding carboxylic acids is 5. The van der Waals surface area contributed by atoms with Crippen molar-refractivity contribution in [1.82, 2.24) is 24.9 Å². The Hall–Kier alpha value is -3.47. The van der Waals surface area contributed by atoms with Crippen LogP contribution in [0.2, 0.25) is 25.8 Å². The van der Waals surface area contributed by atoms with Crippen LogP contribution in [0.5, 0.6) is 28.7 Å². The van der Waals surface area contributed by atoms with Crippen LogP contribution in [0.3, 0.4) is 0 Å². The Bertz CT molecular complexity index is 3030. The number of anilines is 1. The van der Waals surface area contributed by atoms with Crippen LogP contribution in [0.4, 0.5) is 11.4 Å². The number of aliphatic hydroxyl groups excluding tert-OH is 1. The van der Waals surface area contributed by atoms with E-state index in [0.717, 1.165) is 21.8 Å². The summed E-state index contributed by atoms with van der Waals surface area (Å²) < 4.78 is 57.2. The number of ether oxygens (including phenoxy) is 8. The van der Waals surface area contributed by atoms with Gasteiger partial charge in [-0.3, -0.25) is 29.3 Å². The van der Waals surface area contributed by atoms with E-state index in [1.54, 1.807) is 52.3 Å². The third-order valence-corrected chi connectivity index (χ3v) is 13.0. The first-order chi connectivity index (χ1) is 40.9. The minimum absolute atomic E-state index is 0. The van der Waals surface area contributed by atoms with E-state index in [2.05, 4.69) is 47.5 Å². The summed E-state index contributed by atoms with van der Waals surface area (Å²) in [7, 11) is 7.42. The van der Waals surface area contributed by atoms with Crippen LogP contribution in [0.1, 0.15) is 75.9 Å². The summed E-state index contributed by atoms with van der Waals surface area (Å²) in [6, 6.07) is 7.57. The number of ketones is 1. The average molecular weight is 1630 g/mol. The fourth-order valence-corrected chi connectivity index (χ4v) is 8.10. The Morgan fingerprint density at radius 1 is 0.659 bits per heavy atom. The van der Waals surface area contributed by atoms with Crippen molar-refractivity contribution in [3.05, 3.63) is 118 Å². The predicted molar refractivity (Wildman–Crippen MR) is 326 cm³/mol. The molecule has 3 N–H and O–H groups in total. The molecule has 8 rings (SSSR count). The van der Waals surface area contributed by atoms with Crippen LogP contribution < -0.4 is 73.1 Å². The van der Waals surface area contributed by atoms with E-state index in [-0.39, 0.29) is 167 Å². The van der Waals surface area contributed by atoms with E-state index in [4.69, 9.17) is 109 Å². The Labute approximate surface area is 624 Å². The smallest absolute Gasteiger partial charge is 0 e. The molecule has 5 heterocycles. The zero-order valence-electron chi connectivity index (χ0n) is 51.2. The molecule has 491 valence electrons. The number of aliphatic hydroxyl groups is 1. The summed E-state index contributed by atoms with van der Waals surface area (Å²) in [5.74, 6) is 0.0847. The van der Waals surface area contributed by atoms with Gasteiger partial charge in [0.05, 0.1) is 105 Å². The fraction of sp³-hybridized carbons (Fsp3) is 0.426. The van der Waals surface area contributed by atoms with Gasteiger partial charge in [-0.25, -0.2) is 24.9 Å². The second kappa shape index (κ2) is 52.8. The number of aromatic nitrogens is 5. The zero-order valence-corrected chi connectivity index (χ0v) is 64.2. The summed E-state index contributed by atoms with van der Waals surface area (Å²) >= 11 is 28.8. The molecular weight excluding hydrogens is 1560 g/mol. The van der Waals surface area contributed by atoms with Gasteiger partial charge in [-0.2, -0.15) is 13.8 Å².